The van der Waals surface area contributed by atoms with Crippen LogP contribution >= 0.6 is 0 Å². The van der Waals surface area contributed by atoms with E-state index in [9.17, 15) is 18.0 Å². The van der Waals surface area contributed by atoms with Gasteiger partial charge in [0, 0.05) is 19.8 Å². The molecule has 1 spiro atoms. The predicted octanol–water partition coefficient (Wildman–Crippen LogP) is 4.10. The Hall–Kier alpha value is -2.41. The van der Waals surface area contributed by atoms with Crippen LogP contribution in [-0.2, 0) is 11.0 Å². The SMILES string of the molecule is Cc1cnc([C@H]2CC[C@]3(CCN(C)C3=O)N2)cc1-c1ccc(C(F)(F)F)cc1. The van der Waals surface area contributed by atoms with E-state index in [1.54, 1.807) is 11.1 Å². The van der Waals surface area contributed by atoms with E-state index in [4.69, 9.17) is 0 Å². The molecule has 0 aliphatic carbocycles. The number of likely N-dealkylation sites (N-methyl/N-ethyl adjacent to an activating group) is 1. The highest BCUT2D eigenvalue weighted by atomic mass is 19.4. The van der Waals surface area contributed by atoms with Crippen molar-refractivity contribution < 1.29 is 18.0 Å². The zero-order chi connectivity index (χ0) is 20.1. The van der Waals surface area contributed by atoms with Crippen LogP contribution in [0.25, 0.3) is 11.1 Å². The van der Waals surface area contributed by atoms with Gasteiger partial charge in [0.25, 0.3) is 0 Å². The van der Waals surface area contributed by atoms with E-state index in [1.807, 2.05) is 20.0 Å². The van der Waals surface area contributed by atoms with Crippen LogP contribution in [0.4, 0.5) is 13.2 Å². The van der Waals surface area contributed by atoms with E-state index < -0.39 is 17.3 Å². The van der Waals surface area contributed by atoms with Crippen molar-refractivity contribution in [2.45, 2.75) is 43.9 Å². The number of rotatable bonds is 2. The summed E-state index contributed by atoms with van der Waals surface area (Å²) >= 11 is 0. The fourth-order valence-electron chi connectivity index (χ4n) is 4.27. The molecule has 4 rings (SSSR count). The summed E-state index contributed by atoms with van der Waals surface area (Å²) in [7, 11) is 1.82. The number of likely N-dealkylation sites (tertiary alicyclic amines) is 1. The zero-order valence-corrected chi connectivity index (χ0v) is 15.8. The number of pyridine rings is 1. The van der Waals surface area contributed by atoms with Gasteiger partial charge in [0.05, 0.1) is 17.3 Å². The van der Waals surface area contributed by atoms with Crippen molar-refractivity contribution in [1.29, 1.82) is 0 Å². The molecule has 3 heterocycles. The highest BCUT2D eigenvalue weighted by Gasteiger charge is 2.50. The van der Waals surface area contributed by atoms with Crippen LogP contribution in [0.3, 0.4) is 0 Å². The molecule has 0 radical (unpaired) electrons. The van der Waals surface area contributed by atoms with Crippen molar-refractivity contribution in [3.8, 4) is 11.1 Å². The van der Waals surface area contributed by atoms with Gasteiger partial charge in [0.1, 0.15) is 5.54 Å². The smallest absolute Gasteiger partial charge is 0.344 e. The maximum Gasteiger partial charge on any atom is 0.416 e. The lowest BCUT2D eigenvalue weighted by atomic mass is 9.96. The van der Waals surface area contributed by atoms with E-state index in [-0.39, 0.29) is 11.9 Å². The van der Waals surface area contributed by atoms with Crippen molar-refractivity contribution in [2.24, 2.45) is 0 Å². The standard InChI is InChI=1S/C21H22F3N3O/c1-13-12-25-18(17-7-8-20(26-17)9-10-27(2)19(20)28)11-16(13)14-3-5-15(6-4-14)21(22,23)24/h3-6,11-12,17,26H,7-10H2,1-2H3/t17-,20-/m1/s1. The number of halogens is 3. The molecule has 2 atom stereocenters. The second-order valence-corrected chi connectivity index (χ2v) is 7.79. The lowest BCUT2D eigenvalue weighted by Crippen LogP contribution is -2.47. The van der Waals surface area contributed by atoms with Crippen molar-refractivity contribution in [1.82, 2.24) is 15.2 Å². The normalized spacial score (nSPS) is 25.1. The van der Waals surface area contributed by atoms with E-state index in [1.165, 1.54) is 12.1 Å². The Bertz CT molecular complexity index is 910. The molecular formula is C21H22F3N3O. The summed E-state index contributed by atoms with van der Waals surface area (Å²) < 4.78 is 38.5. The molecule has 2 fully saturated rings. The number of hydrogen-bond acceptors (Lipinski definition) is 3. The van der Waals surface area contributed by atoms with Crippen LogP contribution in [0.1, 0.15) is 42.1 Å². The first kappa shape index (κ1) is 18.9. The molecule has 2 aliphatic heterocycles. The average Bonchev–Trinajstić information content (AvgIpc) is 3.22. The molecule has 0 saturated carbocycles. The number of nitrogens with zero attached hydrogens (tertiary/aromatic N) is 2. The number of benzene rings is 1. The summed E-state index contributed by atoms with van der Waals surface area (Å²) in [5.74, 6) is 0.130. The average molecular weight is 389 g/mol. The van der Waals surface area contributed by atoms with E-state index >= 15 is 0 Å². The minimum atomic E-state index is -4.35. The lowest BCUT2D eigenvalue weighted by Gasteiger charge is -2.23. The Kier molecular flexibility index (Phi) is 4.45. The number of carbonyl (C=O) groups is 1. The van der Waals surface area contributed by atoms with Crippen LogP contribution < -0.4 is 5.32 Å². The van der Waals surface area contributed by atoms with Gasteiger partial charge >= 0.3 is 6.18 Å². The van der Waals surface area contributed by atoms with Gasteiger partial charge < -0.3 is 4.90 Å². The van der Waals surface area contributed by atoms with Gasteiger partial charge in [-0.15, -0.1) is 0 Å². The van der Waals surface area contributed by atoms with Gasteiger partial charge in [-0.2, -0.15) is 13.2 Å². The third-order valence-electron chi connectivity index (χ3n) is 5.94. The third-order valence-corrected chi connectivity index (χ3v) is 5.94. The van der Waals surface area contributed by atoms with Gasteiger partial charge in [-0.05, 0) is 61.1 Å². The summed E-state index contributed by atoms with van der Waals surface area (Å²) in [6.07, 6.45) is -0.234. The maximum atomic E-state index is 12.8. The number of hydrogen-bond donors (Lipinski definition) is 1. The minimum absolute atomic E-state index is 0.0377. The molecular weight excluding hydrogens is 367 g/mol. The fraction of sp³-hybridized carbons (Fsp3) is 0.429. The van der Waals surface area contributed by atoms with Crippen molar-refractivity contribution in [3.63, 3.8) is 0 Å². The second kappa shape index (κ2) is 6.58. The Labute approximate surface area is 161 Å². The van der Waals surface area contributed by atoms with Gasteiger partial charge in [-0.3, -0.25) is 15.1 Å². The van der Waals surface area contributed by atoms with E-state index in [0.717, 1.165) is 60.3 Å². The molecule has 2 saturated heterocycles. The number of amides is 1. The van der Waals surface area contributed by atoms with Crippen LogP contribution in [0, 0.1) is 6.92 Å². The molecule has 1 aromatic carbocycles. The monoisotopic (exact) mass is 389 g/mol. The van der Waals surface area contributed by atoms with Gasteiger partial charge in [0.15, 0.2) is 0 Å². The maximum absolute atomic E-state index is 12.8. The summed E-state index contributed by atoms with van der Waals surface area (Å²) in [5, 5.41) is 3.49. The number of aromatic nitrogens is 1. The van der Waals surface area contributed by atoms with E-state index in [0.29, 0.717) is 0 Å². The largest absolute Gasteiger partial charge is 0.416 e. The molecule has 0 bridgehead atoms. The molecule has 148 valence electrons. The first-order valence-corrected chi connectivity index (χ1v) is 9.37. The molecule has 2 aromatic rings. The second-order valence-electron chi connectivity index (χ2n) is 7.79. The molecule has 2 aliphatic rings. The highest BCUT2D eigenvalue weighted by Crippen LogP contribution is 2.39. The molecule has 1 aromatic heterocycles. The van der Waals surface area contributed by atoms with Crippen LogP contribution in [0.15, 0.2) is 36.5 Å². The Balaban J connectivity index is 1.61. The molecule has 4 nitrogen and oxygen atoms in total. The van der Waals surface area contributed by atoms with Crippen molar-refractivity contribution >= 4 is 5.91 Å². The number of nitrogens with one attached hydrogen (secondary N) is 1. The van der Waals surface area contributed by atoms with E-state index in [2.05, 4.69) is 10.3 Å². The Morgan fingerprint density at radius 2 is 1.93 bits per heavy atom. The van der Waals surface area contributed by atoms with Gasteiger partial charge in [-0.25, -0.2) is 0 Å². The number of alkyl halides is 3. The number of carbonyl (C=O) groups excluding carboxylic acids is 1. The first-order valence-electron chi connectivity index (χ1n) is 9.37. The molecule has 28 heavy (non-hydrogen) atoms. The summed E-state index contributed by atoms with van der Waals surface area (Å²) in [5.41, 5.74) is 2.13. The highest BCUT2D eigenvalue weighted by molar-refractivity contribution is 5.88. The molecule has 1 N–H and O–H groups in total. The lowest BCUT2D eigenvalue weighted by molar-refractivity contribution is -0.137. The van der Waals surface area contributed by atoms with Crippen molar-refractivity contribution in [3.05, 3.63) is 53.3 Å². The van der Waals surface area contributed by atoms with Crippen LogP contribution in [0.2, 0.25) is 0 Å². The zero-order valence-electron chi connectivity index (χ0n) is 15.8. The van der Waals surface area contributed by atoms with Crippen LogP contribution in [0.5, 0.6) is 0 Å². The Morgan fingerprint density at radius 3 is 2.54 bits per heavy atom. The Morgan fingerprint density at radius 1 is 1.21 bits per heavy atom. The molecule has 1 amide bonds. The van der Waals surface area contributed by atoms with Gasteiger partial charge in [0.2, 0.25) is 5.91 Å². The van der Waals surface area contributed by atoms with Crippen molar-refractivity contribution in [2.75, 3.05) is 13.6 Å². The van der Waals surface area contributed by atoms with Crippen LogP contribution in [-0.4, -0.2) is 34.9 Å². The summed E-state index contributed by atoms with van der Waals surface area (Å²) in [4.78, 5) is 18.8. The molecule has 0 unspecified atom stereocenters. The first-order chi connectivity index (χ1) is 13.2. The number of aryl methyl sites for hydroxylation is 1. The predicted molar refractivity (Wildman–Crippen MR) is 99.5 cm³/mol. The summed E-state index contributed by atoms with van der Waals surface area (Å²) in [6, 6.07) is 7.08. The minimum Gasteiger partial charge on any atom is -0.344 e. The van der Waals surface area contributed by atoms with Gasteiger partial charge in [-0.1, -0.05) is 12.1 Å². The quantitative estimate of drug-likeness (QED) is 0.841. The fourth-order valence-corrected chi connectivity index (χ4v) is 4.27. The topological polar surface area (TPSA) is 45.2 Å². The third kappa shape index (κ3) is 3.17. The molecule has 7 heteroatoms. The summed E-state index contributed by atoms with van der Waals surface area (Å²) in [6.45, 7) is 2.64.